The Kier molecular flexibility index (Phi) is 2.25. The first-order valence-corrected chi connectivity index (χ1v) is 4.63. The predicted octanol–water partition coefficient (Wildman–Crippen LogP) is -0.285. The fourth-order valence-corrected chi connectivity index (χ4v) is 1.50. The van der Waals surface area contributed by atoms with Crippen LogP contribution in [0.5, 0.6) is 0 Å². The Morgan fingerprint density at radius 3 is 3.00 bits per heavy atom. The maximum absolute atomic E-state index is 11.5. The molecule has 0 atom stereocenters. The molecule has 2 N–H and O–H groups in total. The molecule has 0 saturated heterocycles. The Morgan fingerprint density at radius 2 is 2.36 bits per heavy atom. The van der Waals surface area contributed by atoms with Crippen molar-refractivity contribution in [3.05, 3.63) is 22.7 Å². The van der Waals surface area contributed by atoms with Crippen LogP contribution >= 0.6 is 0 Å². The lowest BCUT2D eigenvalue weighted by Crippen LogP contribution is -2.41. The lowest BCUT2D eigenvalue weighted by molar-refractivity contribution is 0.0835. The van der Waals surface area contributed by atoms with Crippen LogP contribution in [0.2, 0.25) is 0 Å². The number of hydrogen-bond donors (Lipinski definition) is 2. The molecule has 0 aliphatic heterocycles. The molecular weight excluding hydrogens is 182 g/mol. The van der Waals surface area contributed by atoms with E-state index in [4.69, 9.17) is 5.11 Å². The minimum atomic E-state index is -0.222. The van der Waals surface area contributed by atoms with Crippen molar-refractivity contribution in [1.29, 1.82) is 0 Å². The van der Waals surface area contributed by atoms with Gasteiger partial charge in [0.25, 0.3) is 5.56 Å². The normalized spacial score (nSPS) is 25.6. The molecule has 1 aliphatic rings. The van der Waals surface area contributed by atoms with Gasteiger partial charge in [0.15, 0.2) is 5.82 Å². The molecule has 0 aromatic carbocycles. The molecule has 2 rings (SSSR count). The Balaban J connectivity index is 2.10. The summed E-state index contributed by atoms with van der Waals surface area (Å²) in [7, 11) is 1.69. The molecule has 5 nitrogen and oxygen atoms in total. The van der Waals surface area contributed by atoms with Crippen LogP contribution in [0.4, 0.5) is 5.82 Å². The van der Waals surface area contributed by atoms with E-state index in [-0.39, 0.29) is 17.7 Å². The quantitative estimate of drug-likeness (QED) is 0.681. The summed E-state index contributed by atoms with van der Waals surface area (Å²) in [4.78, 5) is 15.5. The summed E-state index contributed by atoms with van der Waals surface area (Å²) in [6.07, 6.45) is 4.36. The van der Waals surface area contributed by atoms with Gasteiger partial charge in [-0.2, -0.15) is 0 Å². The molecule has 1 fully saturated rings. The standard InChI is InChI=1S/C9H13N3O2/c1-12-3-2-10-8(9(12)14)11-6-4-7(13)5-6/h2-3,6-7,13H,4-5H2,1H3,(H,10,11). The maximum Gasteiger partial charge on any atom is 0.293 e. The van der Waals surface area contributed by atoms with Crippen molar-refractivity contribution in [3.8, 4) is 0 Å². The highest BCUT2D eigenvalue weighted by molar-refractivity contribution is 5.33. The molecule has 0 amide bonds. The molecule has 14 heavy (non-hydrogen) atoms. The van der Waals surface area contributed by atoms with E-state index in [2.05, 4.69) is 10.3 Å². The van der Waals surface area contributed by atoms with Crippen LogP contribution in [0.3, 0.4) is 0 Å². The number of aromatic nitrogens is 2. The van der Waals surface area contributed by atoms with Crippen LogP contribution < -0.4 is 10.9 Å². The zero-order valence-corrected chi connectivity index (χ0v) is 7.97. The smallest absolute Gasteiger partial charge is 0.293 e. The van der Waals surface area contributed by atoms with Crippen LogP contribution in [0.15, 0.2) is 17.2 Å². The van der Waals surface area contributed by atoms with Crippen molar-refractivity contribution in [2.75, 3.05) is 5.32 Å². The third-order valence-corrected chi connectivity index (χ3v) is 2.47. The van der Waals surface area contributed by atoms with E-state index in [0.717, 1.165) is 0 Å². The molecule has 5 heteroatoms. The molecule has 1 aromatic heterocycles. The number of aryl methyl sites for hydroxylation is 1. The van der Waals surface area contributed by atoms with Gasteiger partial charge < -0.3 is 15.0 Å². The van der Waals surface area contributed by atoms with Gasteiger partial charge in [-0.25, -0.2) is 4.98 Å². The van der Waals surface area contributed by atoms with Gasteiger partial charge in [-0.05, 0) is 12.8 Å². The van der Waals surface area contributed by atoms with Gasteiger partial charge in [-0.1, -0.05) is 0 Å². The van der Waals surface area contributed by atoms with Gasteiger partial charge in [0.2, 0.25) is 0 Å². The van der Waals surface area contributed by atoms with Gasteiger partial charge in [0.05, 0.1) is 6.10 Å². The zero-order chi connectivity index (χ0) is 10.1. The largest absolute Gasteiger partial charge is 0.393 e. The molecule has 0 radical (unpaired) electrons. The summed E-state index contributed by atoms with van der Waals surface area (Å²) in [5, 5.41) is 12.1. The third-order valence-electron chi connectivity index (χ3n) is 2.47. The predicted molar refractivity (Wildman–Crippen MR) is 52.1 cm³/mol. The minimum Gasteiger partial charge on any atom is -0.393 e. The summed E-state index contributed by atoms with van der Waals surface area (Å²) in [6.45, 7) is 0. The number of nitrogens with one attached hydrogen (secondary N) is 1. The van der Waals surface area contributed by atoms with Crippen LogP contribution in [-0.4, -0.2) is 26.8 Å². The summed E-state index contributed by atoms with van der Waals surface area (Å²) < 4.78 is 1.48. The van der Waals surface area contributed by atoms with Gasteiger partial charge in [0, 0.05) is 25.5 Å². The summed E-state index contributed by atoms with van der Waals surface area (Å²) in [5.74, 6) is 0.367. The first kappa shape index (κ1) is 9.21. The van der Waals surface area contributed by atoms with E-state index in [1.807, 2.05) is 0 Å². The van der Waals surface area contributed by atoms with E-state index < -0.39 is 0 Å². The number of aliphatic hydroxyl groups is 1. The molecular formula is C9H13N3O2. The summed E-state index contributed by atoms with van der Waals surface area (Å²) in [6, 6.07) is 0.188. The SMILES string of the molecule is Cn1ccnc(NC2CC(O)C2)c1=O. The lowest BCUT2D eigenvalue weighted by Gasteiger charge is -2.32. The molecule has 1 heterocycles. The highest BCUT2D eigenvalue weighted by Crippen LogP contribution is 2.21. The van der Waals surface area contributed by atoms with E-state index in [1.165, 1.54) is 4.57 Å². The summed E-state index contributed by atoms with van der Waals surface area (Å²) in [5.41, 5.74) is -0.131. The molecule has 0 bridgehead atoms. The first-order chi connectivity index (χ1) is 6.66. The van der Waals surface area contributed by atoms with Crippen molar-refractivity contribution in [2.24, 2.45) is 7.05 Å². The van der Waals surface area contributed by atoms with E-state index in [9.17, 15) is 4.79 Å². The number of anilines is 1. The number of aliphatic hydroxyl groups excluding tert-OH is 1. The highest BCUT2D eigenvalue weighted by Gasteiger charge is 2.27. The van der Waals surface area contributed by atoms with Gasteiger partial charge in [0.1, 0.15) is 0 Å². The van der Waals surface area contributed by atoms with Gasteiger partial charge in [-0.15, -0.1) is 0 Å². The topological polar surface area (TPSA) is 67.2 Å². The van der Waals surface area contributed by atoms with Crippen LogP contribution in [0.1, 0.15) is 12.8 Å². The van der Waals surface area contributed by atoms with E-state index >= 15 is 0 Å². The lowest BCUT2D eigenvalue weighted by atomic mass is 9.90. The zero-order valence-electron chi connectivity index (χ0n) is 7.97. The molecule has 1 aromatic rings. The number of hydrogen-bond acceptors (Lipinski definition) is 4. The number of rotatable bonds is 2. The third kappa shape index (κ3) is 1.63. The molecule has 1 aliphatic carbocycles. The Labute approximate surface area is 81.4 Å². The van der Waals surface area contributed by atoms with Crippen LogP contribution in [-0.2, 0) is 7.05 Å². The fraction of sp³-hybridized carbons (Fsp3) is 0.556. The fourth-order valence-electron chi connectivity index (χ4n) is 1.50. The number of nitrogens with zero attached hydrogens (tertiary/aromatic N) is 2. The van der Waals surface area contributed by atoms with Crippen LogP contribution in [0, 0.1) is 0 Å². The van der Waals surface area contributed by atoms with Crippen molar-refractivity contribution in [2.45, 2.75) is 25.0 Å². The average molecular weight is 195 g/mol. The second kappa shape index (κ2) is 3.42. The van der Waals surface area contributed by atoms with Crippen molar-refractivity contribution in [3.63, 3.8) is 0 Å². The Morgan fingerprint density at radius 1 is 1.64 bits per heavy atom. The Bertz CT molecular complexity index is 382. The molecule has 0 unspecified atom stereocenters. The van der Waals surface area contributed by atoms with Crippen LogP contribution in [0.25, 0.3) is 0 Å². The molecule has 0 spiro atoms. The Hall–Kier alpha value is -1.36. The second-order valence-corrected chi connectivity index (χ2v) is 3.66. The monoisotopic (exact) mass is 195 g/mol. The van der Waals surface area contributed by atoms with Gasteiger partial charge in [-0.3, -0.25) is 4.79 Å². The molecule has 1 saturated carbocycles. The van der Waals surface area contributed by atoms with E-state index in [0.29, 0.717) is 18.7 Å². The maximum atomic E-state index is 11.5. The summed E-state index contributed by atoms with van der Waals surface area (Å²) >= 11 is 0. The van der Waals surface area contributed by atoms with Gasteiger partial charge >= 0.3 is 0 Å². The second-order valence-electron chi connectivity index (χ2n) is 3.66. The van der Waals surface area contributed by atoms with Crippen molar-refractivity contribution in [1.82, 2.24) is 9.55 Å². The minimum absolute atomic E-state index is 0.131. The van der Waals surface area contributed by atoms with Crippen molar-refractivity contribution >= 4 is 5.82 Å². The van der Waals surface area contributed by atoms with E-state index in [1.54, 1.807) is 19.4 Å². The molecule has 76 valence electrons. The van der Waals surface area contributed by atoms with Crippen molar-refractivity contribution < 1.29 is 5.11 Å². The first-order valence-electron chi connectivity index (χ1n) is 4.63. The highest BCUT2D eigenvalue weighted by atomic mass is 16.3. The average Bonchev–Trinajstić information content (AvgIpc) is 2.10.